The third-order valence-corrected chi connectivity index (χ3v) is 2.59. The molecule has 0 bridgehead atoms. The highest BCUT2D eigenvalue weighted by Crippen LogP contribution is 2.29. The Bertz CT molecular complexity index is 206. The first-order valence-corrected chi connectivity index (χ1v) is 5.16. The van der Waals surface area contributed by atoms with Gasteiger partial charge in [0.2, 0.25) is 0 Å². The van der Waals surface area contributed by atoms with Crippen LogP contribution >= 0.6 is 0 Å². The lowest BCUT2D eigenvalue weighted by Gasteiger charge is -2.21. The van der Waals surface area contributed by atoms with Gasteiger partial charge in [0.15, 0.2) is 0 Å². The molecule has 1 unspecified atom stereocenters. The van der Waals surface area contributed by atoms with Gasteiger partial charge < -0.3 is 5.11 Å². The van der Waals surface area contributed by atoms with E-state index < -0.39 is 5.97 Å². The molecule has 0 heterocycles. The van der Waals surface area contributed by atoms with Gasteiger partial charge in [-0.2, -0.15) is 0 Å². The number of unbranched alkanes of at least 4 members (excludes halogenated alkanes) is 3. The lowest BCUT2D eigenvalue weighted by Crippen LogP contribution is -2.19. The average molecular weight is 182 g/mol. The Morgan fingerprint density at radius 3 is 2.77 bits per heavy atom. The maximum Gasteiger partial charge on any atom is 0.310 e. The normalized spacial score (nSPS) is 20.7. The van der Waals surface area contributed by atoms with Gasteiger partial charge in [0.25, 0.3) is 0 Å². The molecule has 1 aliphatic rings. The summed E-state index contributed by atoms with van der Waals surface area (Å²) in [6, 6.07) is 0. The molecule has 0 spiro atoms. The fraction of sp³-hybridized carbons (Fsp3) is 0.727. The van der Waals surface area contributed by atoms with Gasteiger partial charge in [-0.15, -0.1) is 0 Å². The smallest absolute Gasteiger partial charge is 0.310 e. The third kappa shape index (κ3) is 3.21. The van der Waals surface area contributed by atoms with E-state index in [1.165, 1.54) is 31.3 Å². The van der Waals surface area contributed by atoms with E-state index in [0.717, 1.165) is 12.8 Å². The van der Waals surface area contributed by atoms with Gasteiger partial charge in [0.1, 0.15) is 0 Å². The number of rotatable bonds is 6. The predicted molar refractivity (Wildman–Crippen MR) is 52.6 cm³/mol. The summed E-state index contributed by atoms with van der Waals surface area (Å²) in [4.78, 5) is 10.5. The van der Waals surface area contributed by atoms with Crippen LogP contribution in [0.2, 0.25) is 0 Å². The predicted octanol–water partition coefficient (Wildman–Crippen LogP) is 2.99. The van der Waals surface area contributed by atoms with Gasteiger partial charge in [-0.1, -0.05) is 37.8 Å². The molecule has 0 aromatic heterocycles. The number of hydrogen-bond acceptors (Lipinski definition) is 1. The summed E-state index contributed by atoms with van der Waals surface area (Å²) >= 11 is 0. The zero-order valence-corrected chi connectivity index (χ0v) is 8.25. The molecule has 2 heteroatoms. The van der Waals surface area contributed by atoms with E-state index >= 15 is 0 Å². The zero-order valence-electron chi connectivity index (χ0n) is 8.25. The first-order chi connectivity index (χ1) is 6.24. The molecule has 0 aromatic carbocycles. The van der Waals surface area contributed by atoms with E-state index in [1.807, 2.05) is 6.08 Å². The number of carboxylic acids is 1. The van der Waals surface area contributed by atoms with Gasteiger partial charge in [0, 0.05) is 0 Å². The second-order valence-electron chi connectivity index (χ2n) is 3.78. The number of carbonyl (C=O) groups is 1. The number of aliphatic carboxylic acids is 1. The Morgan fingerprint density at radius 2 is 2.23 bits per heavy atom. The highest BCUT2D eigenvalue weighted by atomic mass is 16.4. The van der Waals surface area contributed by atoms with Crippen molar-refractivity contribution in [1.82, 2.24) is 0 Å². The van der Waals surface area contributed by atoms with Gasteiger partial charge in [-0.3, -0.25) is 4.79 Å². The van der Waals surface area contributed by atoms with Crippen molar-refractivity contribution in [3.8, 4) is 0 Å². The second kappa shape index (κ2) is 5.05. The molecule has 0 fully saturated rings. The van der Waals surface area contributed by atoms with E-state index in [4.69, 9.17) is 5.11 Å². The van der Waals surface area contributed by atoms with Crippen LogP contribution in [-0.4, -0.2) is 11.1 Å². The molecule has 1 aliphatic carbocycles. The van der Waals surface area contributed by atoms with Crippen molar-refractivity contribution < 1.29 is 9.90 Å². The van der Waals surface area contributed by atoms with E-state index in [0.29, 0.717) is 0 Å². The molecule has 2 nitrogen and oxygen atoms in total. The fourth-order valence-electron chi connectivity index (χ4n) is 1.66. The maximum atomic E-state index is 10.5. The lowest BCUT2D eigenvalue weighted by molar-refractivity contribution is -0.140. The van der Waals surface area contributed by atoms with Crippen molar-refractivity contribution in [2.45, 2.75) is 45.4 Å². The first-order valence-electron chi connectivity index (χ1n) is 5.16. The molecule has 74 valence electrons. The van der Waals surface area contributed by atoms with Crippen LogP contribution < -0.4 is 0 Å². The second-order valence-corrected chi connectivity index (χ2v) is 3.78. The quantitative estimate of drug-likeness (QED) is 0.506. The zero-order chi connectivity index (χ0) is 9.68. The van der Waals surface area contributed by atoms with Crippen molar-refractivity contribution >= 4 is 5.97 Å². The molecule has 1 atom stereocenters. The monoisotopic (exact) mass is 182 g/mol. The summed E-state index contributed by atoms with van der Waals surface area (Å²) in [7, 11) is 0. The van der Waals surface area contributed by atoms with Crippen LogP contribution in [0.15, 0.2) is 11.6 Å². The maximum absolute atomic E-state index is 10.5. The van der Waals surface area contributed by atoms with Crippen LogP contribution in [0.4, 0.5) is 0 Å². The topological polar surface area (TPSA) is 37.3 Å². The molecule has 13 heavy (non-hydrogen) atoms. The molecule has 0 aliphatic heterocycles. The first kappa shape index (κ1) is 10.3. The summed E-state index contributed by atoms with van der Waals surface area (Å²) in [6.07, 6.45) is 8.89. The summed E-state index contributed by atoms with van der Waals surface area (Å²) < 4.78 is 0. The minimum absolute atomic E-state index is 0.179. The highest BCUT2D eigenvalue weighted by molar-refractivity contribution is 5.74. The summed E-state index contributed by atoms with van der Waals surface area (Å²) in [6.45, 7) is 2.20. The SMILES string of the molecule is CCCCCCC1=CC(C(=O)O)C1. The van der Waals surface area contributed by atoms with E-state index in [-0.39, 0.29) is 5.92 Å². The lowest BCUT2D eigenvalue weighted by atomic mass is 9.84. The average Bonchev–Trinajstić information content (AvgIpc) is 2.00. The van der Waals surface area contributed by atoms with Crippen molar-refractivity contribution in [1.29, 1.82) is 0 Å². The Hall–Kier alpha value is -0.790. The Kier molecular flexibility index (Phi) is 4.00. The van der Waals surface area contributed by atoms with E-state index in [2.05, 4.69) is 6.92 Å². The minimum atomic E-state index is -0.669. The summed E-state index contributed by atoms with van der Waals surface area (Å²) in [5.74, 6) is -0.849. The fourth-order valence-corrected chi connectivity index (χ4v) is 1.66. The van der Waals surface area contributed by atoms with Crippen molar-refractivity contribution in [3.63, 3.8) is 0 Å². The summed E-state index contributed by atoms with van der Waals surface area (Å²) in [5.41, 5.74) is 1.35. The third-order valence-electron chi connectivity index (χ3n) is 2.59. The largest absolute Gasteiger partial charge is 0.481 e. The van der Waals surface area contributed by atoms with Crippen LogP contribution in [0.25, 0.3) is 0 Å². The van der Waals surface area contributed by atoms with Crippen molar-refractivity contribution in [2.24, 2.45) is 5.92 Å². The number of allylic oxidation sites excluding steroid dienone is 1. The molecule has 0 radical (unpaired) electrons. The number of carboxylic acid groups (broad SMARTS) is 1. The van der Waals surface area contributed by atoms with Gasteiger partial charge in [0.05, 0.1) is 5.92 Å². The van der Waals surface area contributed by atoms with E-state index in [1.54, 1.807) is 0 Å². The van der Waals surface area contributed by atoms with Crippen molar-refractivity contribution in [2.75, 3.05) is 0 Å². The molecule has 0 aromatic rings. The molecule has 1 rings (SSSR count). The Balaban J connectivity index is 2.06. The molecular formula is C11H18O2. The Labute approximate surface area is 79.6 Å². The molecule has 0 amide bonds. The molecular weight excluding hydrogens is 164 g/mol. The minimum Gasteiger partial charge on any atom is -0.481 e. The van der Waals surface area contributed by atoms with Crippen molar-refractivity contribution in [3.05, 3.63) is 11.6 Å². The van der Waals surface area contributed by atoms with Crippen LogP contribution in [0, 0.1) is 5.92 Å². The Morgan fingerprint density at radius 1 is 1.54 bits per heavy atom. The number of hydrogen-bond donors (Lipinski definition) is 1. The molecule has 0 saturated carbocycles. The molecule has 1 N–H and O–H groups in total. The van der Waals surface area contributed by atoms with Gasteiger partial charge >= 0.3 is 5.97 Å². The standard InChI is InChI=1S/C11H18O2/c1-2-3-4-5-6-9-7-10(8-9)11(12)13/h7,10H,2-6,8H2,1H3,(H,12,13). The van der Waals surface area contributed by atoms with E-state index in [9.17, 15) is 4.79 Å². The van der Waals surface area contributed by atoms with Crippen LogP contribution in [0.3, 0.4) is 0 Å². The van der Waals surface area contributed by atoms with Gasteiger partial charge in [-0.25, -0.2) is 0 Å². The van der Waals surface area contributed by atoms with Crippen LogP contribution in [-0.2, 0) is 4.79 Å². The summed E-state index contributed by atoms with van der Waals surface area (Å²) in [5, 5.41) is 8.62. The molecule has 0 saturated heterocycles. The van der Waals surface area contributed by atoms with Crippen LogP contribution in [0.5, 0.6) is 0 Å². The van der Waals surface area contributed by atoms with Gasteiger partial charge in [-0.05, 0) is 19.3 Å². The van der Waals surface area contributed by atoms with Crippen LogP contribution in [0.1, 0.15) is 45.4 Å². The highest BCUT2D eigenvalue weighted by Gasteiger charge is 2.24.